The first kappa shape index (κ1) is 27.3. The standard InChI is InChI=1S/C28H36N2O6S/c1-6-14-29(18-8-10-19(35-5)11-9-18)26(33)24-28-13-12-21(37-28)22(27(34)36-15-7-2)23(28)25(32)30(24)20(16-31)17(3)4/h6-11,17,20-24,31H,1-2,12-16H2,3-5H3/t20-,21-,22+,23-,24?,28?/m0/s1. The average molecular weight is 529 g/mol. The van der Waals surface area contributed by atoms with Crippen LogP contribution in [0.1, 0.15) is 26.7 Å². The minimum Gasteiger partial charge on any atom is -0.497 e. The summed E-state index contributed by atoms with van der Waals surface area (Å²) >= 11 is 1.58. The highest BCUT2D eigenvalue weighted by molar-refractivity contribution is 8.02. The molecule has 8 nitrogen and oxygen atoms in total. The zero-order valence-corrected chi connectivity index (χ0v) is 22.5. The number of ether oxygens (including phenoxy) is 2. The van der Waals surface area contributed by atoms with Crippen LogP contribution < -0.4 is 9.64 Å². The van der Waals surface area contributed by atoms with Gasteiger partial charge in [-0.3, -0.25) is 14.4 Å². The summed E-state index contributed by atoms with van der Waals surface area (Å²) in [7, 11) is 1.58. The molecule has 3 aliphatic heterocycles. The minimum absolute atomic E-state index is 0.0720. The first-order chi connectivity index (χ1) is 17.7. The lowest BCUT2D eigenvalue weighted by molar-refractivity contribution is -0.153. The van der Waals surface area contributed by atoms with Gasteiger partial charge in [0, 0.05) is 17.5 Å². The number of carbonyl (C=O) groups excluding carboxylic acids is 3. The number of nitrogens with zero attached hydrogens (tertiary/aromatic N) is 2. The van der Waals surface area contributed by atoms with Gasteiger partial charge in [0.15, 0.2) is 0 Å². The first-order valence-electron chi connectivity index (χ1n) is 12.7. The monoisotopic (exact) mass is 528 g/mol. The fraction of sp³-hybridized carbons (Fsp3) is 0.536. The topological polar surface area (TPSA) is 96.4 Å². The fourth-order valence-electron chi connectivity index (χ4n) is 6.21. The molecule has 0 saturated carbocycles. The van der Waals surface area contributed by atoms with Crippen molar-refractivity contribution in [3.8, 4) is 5.75 Å². The van der Waals surface area contributed by atoms with Crippen molar-refractivity contribution in [2.24, 2.45) is 17.8 Å². The second kappa shape index (κ2) is 10.9. The number of aliphatic hydroxyl groups excluding tert-OH is 1. The summed E-state index contributed by atoms with van der Waals surface area (Å²) in [5.41, 5.74) is 0.655. The van der Waals surface area contributed by atoms with Gasteiger partial charge in [-0.2, -0.15) is 0 Å². The van der Waals surface area contributed by atoms with Gasteiger partial charge in [0.05, 0.1) is 36.3 Å². The molecule has 1 aromatic rings. The quantitative estimate of drug-likeness (QED) is 0.348. The molecule has 200 valence electrons. The lowest BCUT2D eigenvalue weighted by Crippen LogP contribution is -2.58. The molecule has 3 heterocycles. The van der Waals surface area contributed by atoms with Crippen LogP contribution in [0.2, 0.25) is 0 Å². The molecule has 1 aromatic carbocycles. The number of anilines is 1. The number of esters is 1. The van der Waals surface area contributed by atoms with E-state index < -0.39 is 34.6 Å². The molecular weight excluding hydrogens is 492 g/mol. The van der Waals surface area contributed by atoms with Crippen LogP contribution in [0.25, 0.3) is 0 Å². The summed E-state index contributed by atoms with van der Waals surface area (Å²) in [6.45, 7) is 11.3. The number of rotatable bonds is 11. The summed E-state index contributed by atoms with van der Waals surface area (Å²) in [6, 6.07) is 5.77. The van der Waals surface area contributed by atoms with Gasteiger partial charge in [-0.15, -0.1) is 18.3 Å². The Hall–Kier alpha value is -2.78. The molecule has 6 atom stereocenters. The second-order valence-electron chi connectivity index (χ2n) is 10.1. The number of thioether (sulfide) groups is 1. The Kier molecular flexibility index (Phi) is 8.04. The van der Waals surface area contributed by atoms with E-state index in [0.717, 1.165) is 6.42 Å². The zero-order valence-electron chi connectivity index (χ0n) is 21.7. The predicted octanol–water partition coefficient (Wildman–Crippen LogP) is 3.05. The van der Waals surface area contributed by atoms with Crippen molar-refractivity contribution in [2.45, 2.75) is 48.8 Å². The van der Waals surface area contributed by atoms with Gasteiger partial charge in [-0.05, 0) is 43.0 Å². The molecule has 0 aliphatic carbocycles. The molecule has 4 rings (SSSR count). The summed E-state index contributed by atoms with van der Waals surface area (Å²) in [6.07, 6.45) is 4.51. The third-order valence-electron chi connectivity index (χ3n) is 7.86. The number of hydrogen-bond donors (Lipinski definition) is 1. The van der Waals surface area contributed by atoms with E-state index >= 15 is 0 Å². The number of benzene rings is 1. The van der Waals surface area contributed by atoms with Crippen molar-refractivity contribution in [2.75, 3.05) is 31.8 Å². The van der Waals surface area contributed by atoms with Crippen LogP contribution in [-0.4, -0.2) is 76.7 Å². The van der Waals surface area contributed by atoms with Crippen LogP contribution in [0, 0.1) is 17.8 Å². The number of likely N-dealkylation sites (tertiary alicyclic amines) is 1. The van der Waals surface area contributed by atoms with Gasteiger partial charge >= 0.3 is 5.97 Å². The number of methoxy groups -OCH3 is 1. The maximum Gasteiger partial charge on any atom is 0.311 e. The van der Waals surface area contributed by atoms with Gasteiger partial charge in [-0.1, -0.05) is 32.6 Å². The Balaban J connectivity index is 1.80. The number of amides is 2. The van der Waals surface area contributed by atoms with Crippen LogP contribution in [0.3, 0.4) is 0 Å². The Labute approximate surface area is 222 Å². The summed E-state index contributed by atoms with van der Waals surface area (Å²) in [4.78, 5) is 45.0. The van der Waals surface area contributed by atoms with Crippen molar-refractivity contribution >= 4 is 35.2 Å². The Morgan fingerprint density at radius 1 is 1.27 bits per heavy atom. The largest absolute Gasteiger partial charge is 0.497 e. The number of aliphatic hydroxyl groups is 1. The van der Waals surface area contributed by atoms with Crippen LogP contribution in [-0.2, 0) is 19.1 Å². The number of carbonyl (C=O) groups is 3. The van der Waals surface area contributed by atoms with Gasteiger partial charge < -0.3 is 24.4 Å². The van der Waals surface area contributed by atoms with E-state index in [9.17, 15) is 19.5 Å². The molecule has 0 aromatic heterocycles. The number of hydrogen-bond acceptors (Lipinski definition) is 7. The molecule has 0 radical (unpaired) electrons. The Bertz CT molecular complexity index is 1060. The third-order valence-corrected chi connectivity index (χ3v) is 9.82. The van der Waals surface area contributed by atoms with Gasteiger partial charge in [0.25, 0.3) is 5.91 Å². The lowest BCUT2D eigenvalue weighted by Gasteiger charge is -2.40. The SMILES string of the molecule is C=CCOC(=O)[C@@H]1[C@@H]2CCC3(S2)C(C(=O)N(CC=C)c2ccc(OC)cc2)N([C@@H](CO)C(C)C)C(=O)[C@H]13. The van der Waals surface area contributed by atoms with Crippen molar-refractivity contribution in [1.82, 2.24) is 4.90 Å². The van der Waals surface area contributed by atoms with E-state index in [1.807, 2.05) is 13.8 Å². The molecular formula is C28H36N2O6S. The highest BCUT2D eigenvalue weighted by atomic mass is 32.2. The molecule has 3 saturated heterocycles. The molecule has 3 aliphatic rings. The van der Waals surface area contributed by atoms with Gasteiger partial charge in [0.2, 0.25) is 5.91 Å². The van der Waals surface area contributed by atoms with Gasteiger partial charge in [-0.25, -0.2) is 0 Å². The summed E-state index contributed by atoms with van der Waals surface area (Å²) in [5.74, 6) is -1.67. The zero-order chi connectivity index (χ0) is 26.9. The summed E-state index contributed by atoms with van der Waals surface area (Å²) in [5, 5.41) is 10.3. The Morgan fingerprint density at radius 2 is 1.97 bits per heavy atom. The smallest absolute Gasteiger partial charge is 0.311 e. The first-order valence-corrected chi connectivity index (χ1v) is 13.6. The van der Waals surface area contributed by atoms with Crippen molar-refractivity contribution < 1.29 is 29.0 Å². The van der Waals surface area contributed by atoms with Crippen molar-refractivity contribution in [3.63, 3.8) is 0 Å². The molecule has 3 fully saturated rings. The highest BCUT2D eigenvalue weighted by Crippen LogP contribution is 2.67. The maximum absolute atomic E-state index is 14.5. The van der Waals surface area contributed by atoms with Crippen LogP contribution in [0.15, 0.2) is 49.6 Å². The lowest BCUT2D eigenvalue weighted by atomic mass is 9.71. The Morgan fingerprint density at radius 3 is 2.54 bits per heavy atom. The highest BCUT2D eigenvalue weighted by Gasteiger charge is 2.75. The molecule has 37 heavy (non-hydrogen) atoms. The molecule has 9 heteroatoms. The van der Waals surface area contributed by atoms with Crippen LogP contribution in [0.5, 0.6) is 5.75 Å². The molecule has 2 amide bonds. The van der Waals surface area contributed by atoms with E-state index in [2.05, 4.69) is 13.2 Å². The van der Waals surface area contributed by atoms with E-state index in [-0.39, 0.29) is 42.7 Å². The second-order valence-corrected chi connectivity index (χ2v) is 11.8. The van der Waals surface area contributed by atoms with Crippen LogP contribution >= 0.6 is 11.8 Å². The average Bonchev–Trinajstić information content (AvgIpc) is 3.53. The van der Waals surface area contributed by atoms with E-state index in [4.69, 9.17) is 9.47 Å². The fourth-order valence-corrected chi connectivity index (χ4v) is 8.40. The number of fused-ring (bicyclic) bond motifs is 1. The van der Waals surface area contributed by atoms with Crippen LogP contribution in [0.4, 0.5) is 5.69 Å². The predicted molar refractivity (Wildman–Crippen MR) is 143 cm³/mol. The van der Waals surface area contributed by atoms with Crippen molar-refractivity contribution in [3.05, 3.63) is 49.6 Å². The van der Waals surface area contributed by atoms with E-state index in [1.165, 1.54) is 6.08 Å². The van der Waals surface area contributed by atoms with E-state index in [0.29, 0.717) is 17.9 Å². The maximum atomic E-state index is 14.5. The molecule has 1 spiro atoms. The minimum atomic E-state index is -0.834. The molecule has 2 bridgehead atoms. The van der Waals surface area contributed by atoms with Crippen molar-refractivity contribution in [1.29, 1.82) is 0 Å². The van der Waals surface area contributed by atoms with Gasteiger partial charge in [0.1, 0.15) is 18.4 Å². The molecule has 2 unspecified atom stereocenters. The third kappa shape index (κ3) is 4.46. The van der Waals surface area contributed by atoms with E-state index in [1.54, 1.807) is 59.0 Å². The molecule has 1 N–H and O–H groups in total. The summed E-state index contributed by atoms with van der Waals surface area (Å²) < 4.78 is 9.91. The normalized spacial score (nSPS) is 28.7.